The molecule has 1 heterocycles. The third-order valence-corrected chi connectivity index (χ3v) is 6.30. The van der Waals surface area contributed by atoms with Gasteiger partial charge in [0.15, 0.2) is 13.1 Å². The van der Waals surface area contributed by atoms with E-state index in [2.05, 4.69) is 16.7 Å². The number of carbonyl (C=O) groups is 2. The number of benzene rings is 1. The molecule has 3 rings (SSSR count). The summed E-state index contributed by atoms with van der Waals surface area (Å²) < 4.78 is 38.8. The minimum absolute atomic E-state index is 0.0364. The molecular formula is C20H19ClF3N4O2S+. The van der Waals surface area contributed by atoms with E-state index in [0.717, 1.165) is 41.8 Å². The molecule has 2 amide bonds. The van der Waals surface area contributed by atoms with Crippen LogP contribution in [0.15, 0.2) is 18.2 Å². The lowest BCUT2D eigenvalue weighted by Gasteiger charge is -2.15. The second-order valence-corrected chi connectivity index (χ2v) is 8.79. The molecule has 1 aromatic carbocycles. The number of nitrogens with one attached hydrogen (secondary N) is 3. The number of nitriles is 1. The van der Waals surface area contributed by atoms with Crippen LogP contribution in [0.1, 0.15) is 28.0 Å². The van der Waals surface area contributed by atoms with Crippen LogP contribution in [0.4, 0.5) is 23.9 Å². The highest BCUT2D eigenvalue weighted by atomic mass is 35.5. The van der Waals surface area contributed by atoms with E-state index in [4.69, 9.17) is 11.6 Å². The van der Waals surface area contributed by atoms with Crippen molar-refractivity contribution in [1.82, 2.24) is 0 Å². The number of carbonyl (C=O) groups excluding carboxylic acids is 2. The van der Waals surface area contributed by atoms with E-state index < -0.39 is 22.7 Å². The lowest BCUT2D eigenvalue weighted by Crippen LogP contribution is -3.11. The standard InChI is InChI=1S/C20H18ClF3N4O2S/c1-28(9-17(29)26-11-5-6-15(21)14(7-11)20(22,23)24)10-18(30)27-19-13(8-25)12-3-2-4-16(12)31-19/h5-7H,2-4,9-10H2,1H3,(H,26,29)(H,27,30)/p+1. The number of hydrogen-bond acceptors (Lipinski definition) is 4. The normalized spacial score (nSPS) is 13.9. The van der Waals surface area contributed by atoms with Gasteiger partial charge in [-0.3, -0.25) is 9.59 Å². The monoisotopic (exact) mass is 471 g/mol. The fraction of sp³-hybridized carbons (Fsp3) is 0.350. The quantitative estimate of drug-likeness (QED) is 0.605. The first kappa shape index (κ1) is 23.1. The Kier molecular flexibility index (Phi) is 6.89. The molecule has 2 aromatic rings. The van der Waals surface area contributed by atoms with Crippen molar-refractivity contribution in [2.24, 2.45) is 0 Å². The lowest BCUT2D eigenvalue weighted by molar-refractivity contribution is -0.862. The van der Waals surface area contributed by atoms with Gasteiger partial charge in [0.25, 0.3) is 11.8 Å². The number of quaternary nitrogens is 1. The van der Waals surface area contributed by atoms with E-state index in [1.165, 1.54) is 17.4 Å². The fourth-order valence-electron chi connectivity index (χ4n) is 3.42. The minimum atomic E-state index is -4.64. The molecule has 3 N–H and O–H groups in total. The number of alkyl halides is 3. The number of aryl methyl sites for hydroxylation is 1. The third-order valence-electron chi connectivity index (χ3n) is 4.77. The molecule has 1 unspecified atom stereocenters. The zero-order valence-corrected chi connectivity index (χ0v) is 18.0. The first-order valence-corrected chi connectivity index (χ1v) is 10.6. The number of amides is 2. The number of anilines is 2. The highest BCUT2D eigenvalue weighted by Crippen LogP contribution is 2.38. The molecule has 1 aliphatic rings. The van der Waals surface area contributed by atoms with E-state index in [-0.39, 0.29) is 24.7 Å². The molecule has 1 atom stereocenters. The molecule has 1 aromatic heterocycles. The Morgan fingerprint density at radius 2 is 1.90 bits per heavy atom. The summed E-state index contributed by atoms with van der Waals surface area (Å²) in [5.74, 6) is -0.902. The molecular weight excluding hydrogens is 453 g/mol. The molecule has 0 saturated heterocycles. The summed E-state index contributed by atoms with van der Waals surface area (Å²) in [6.45, 7) is -0.182. The van der Waals surface area contributed by atoms with E-state index in [0.29, 0.717) is 15.5 Å². The number of thiophene rings is 1. The van der Waals surface area contributed by atoms with Crippen molar-refractivity contribution in [2.45, 2.75) is 25.4 Å². The van der Waals surface area contributed by atoms with E-state index >= 15 is 0 Å². The largest absolute Gasteiger partial charge is 0.417 e. The number of nitrogens with zero attached hydrogens (tertiary/aromatic N) is 1. The topological polar surface area (TPSA) is 86.4 Å². The molecule has 164 valence electrons. The van der Waals surface area contributed by atoms with Crippen LogP contribution < -0.4 is 15.5 Å². The van der Waals surface area contributed by atoms with Crippen molar-refractivity contribution in [3.05, 3.63) is 44.8 Å². The van der Waals surface area contributed by atoms with Crippen LogP contribution in [0.25, 0.3) is 0 Å². The number of hydrogen-bond donors (Lipinski definition) is 3. The van der Waals surface area contributed by atoms with Crippen molar-refractivity contribution in [3.63, 3.8) is 0 Å². The average Bonchev–Trinajstić information content (AvgIpc) is 3.22. The Bertz CT molecular complexity index is 1060. The number of fused-ring (bicyclic) bond motifs is 1. The first-order chi connectivity index (χ1) is 14.6. The predicted octanol–water partition coefficient (Wildman–Crippen LogP) is 2.87. The SMILES string of the molecule is C[NH+](CC(=O)Nc1ccc(Cl)c(C(F)(F)F)c1)CC(=O)Nc1sc2c(c1C#N)CCC2. The van der Waals surface area contributed by atoms with Gasteiger partial charge in [0.2, 0.25) is 0 Å². The maximum atomic E-state index is 12.9. The van der Waals surface area contributed by atoms with Gasteiger partial charge in [-0.2, -0.15) is 18.4 Å². The third kappa shape index (κ3) is 5.55. The van der Waals surface area contributed by atoms with Crippen LogP contribution in [0.2, 0.25) is 5.02 Å². The molecule has 6 nitrogen and oxygen atoms in total. The Morgan fingerprint density at radius 3 is 2.55 bits per heavy atom. The van der Waals surface area contributed by atoms with Crippen molar-refractivity contribution in [3.8, 4) is 6.07 Å². The van der Waals surface area contributed by atoms with Crippen LogP contribution in [0, 0.1) is 11.3 Å². The zero-order valence-electron chi connectivity index (χ0n) is 16.5. The predicted molar refractivity (Wildman–Crippen MR) is 111 cm³/mol. The molecule has 31 heavy (non-hydrogen) atoms. The molecule has 0 bridgehead atoms. The van der Waals surface area contributed by atoms with E-state index in [1.807, 2.05) is 0 Å². The second-order valence-electron chi connectivity index (χ2n) is 7.27. The second kappa shape index (κ2) is 9.26. The van der Waals surface area contributed by atoms with E-state index in [1.54, 1.807) is 7.05 Å². The molecule has 0 saturated carbocycles. The van der Waals surface area contributed by atoms with Crippen molar-refractivity contribution in [1.29, 1.82) is 5.26 Å². The van der Waals surface area contributed by atoms with Crippen molar-refractivity contribution >= 4 is 45.4 Å². The van der Waals surface area contributed by atoms with Gasteiger partial charge in [0, 0.05) is 10.6 Å². The summed E-state index contributed by atoms with van der Waals surface area (Å²) in [5.41, 5.74) is 0.433. The molecule has 11 heteroatoms. The van der Waals surface area contributed by atoms with Gasteiger partial charge in [-0.25, -0.2) is 0 Å². The highest BCUT2D eigenvalue weighted by Gasteiger charge is 2.33. The Balaban J connectivity index is 1.55. The first-order valence-electron chi connectivity index (χ1n) is 9.41. The molecule has 1 aliphatic carbocycles. The Hall–Kier alpha value is -2.61. The van der Waals surface area contributed by atoms with Gasteiger partial charge < -0.3 is 15.5 Å². The van der Waals surface area contributed by atoms with Gasteiger partial charge in [-0.1, -0.05) is 11.6 Å². The molecule has 0 radical (unpaired) electrons. The highest BCUT2D eigenvalue weighted by molar-refractivity contribution is 7.16. The summed E-state index contributed by atoms with van der Waals surface area (Å²) >= 11 is 6.97. The summed E-state index contributed by atoms with van der Waals surface area (Å²) in [4.78, 5) is 26.2. The lowest BCUT2D eigenvalue weighted by atomic mass is 10.1. The van der Waals surface area contributed by atoms with Crippen LogP contribution in [0.3, 0.4) is 0 Å². The maximum absolute atomic E-state index is 12.9. The molecule has 0 spiro atoms. The zero-order chi connectivity index (χ0) is 22.8. The number of halogens is 4. The summed E-state index contributed by atoms with van der Waals surface area (Å²) in [6.07, 6.45) is -1.90. The summed E-state index contributed by atoms with van der Waals surface area (Å²) in [6, 6.07) is 5.25. The average molecular weight is 472 g/mol. The number of rotatable bonds is 6. The number of likely N-dealkylation sites (N-methyl/N-ethyl adjacent to an activating group) is 1. The van der Waals surface area contributed by atoms with Crippen LogP contribution in [-0.2, 0) is 28.6 Å². The molecule has 0 aliphatic heterocycles. The van der Waals surface area contributed by atoms with Gasteiger partial charge >= 0.3 is 6.18 Å². The van der Waals surface area contributed by atoms with Crippen LogP contribution in [0.5, 0.6) is 0 Å². The van der Waals surface area contributed by atoms with Crippen molar-refractivity contribution in [2.75, 3.05) is 30.8 Å². The Labute approximate surface area is 185 Å². The van der Waals surface area contributed by atoms with Crippen LogP contribution in [-0.4, -0.2) is 32.0 Å². The minimum Gasteiger partial charge on any atom is -0.322 e. The molecule has 0 fully saturated rings. The fourth-order valence-corrected chi connectivity index (χ4v) is 4.90. The van der Waals surface area contributed by atoms with Gasteiger partial charge in [-0.15, -0.1) is 11.3 Å². The smallest absolute Gasteiger partial charge is 0.322 e. The maximum Gasteiger partial charge on any atom is 0.417 e. The van der Waals surface area contributed by atoms with E-state index in [9.17, 15) is 28.0 Å². The van der Waals surface area contributed by atoms with Gasteiger partial charge in [0.05, 0.1) is 23.2 Å². The summed E-state index contributed by atoms with van der Waals surface area (Å²) in [7, 11) is 1.61. The Morgan fingerprint density at radius 1 is 1.23 bits per heavy atom. The van der Waals surface area contributed by atoms with Crippen molar-refractivity contribution < 1.29 is 27.7 Å². The summed E-state index contributed by atoms with van der Waals surface area (Å²) in [5, 5.41) is 14.6. The van der Waals surface area contributed by atoms with Gasteiger partial charge in [-0.05, 0) is 43.0 Å². The van der Waals surface area contributed by atoms with Gasteiger partial charge in [0.1, 0.15) is 11.1 Å². The van der Waals surface area contributed by atoms with Crippen LogP contribution >= 0.6 is 22.9 Å².